The smallest absolute Gasteiger partial charge is 0.274 e. The fourth-order valence-electron chi connectivity index (χ4n) is 2.69. The normalized spacial score (nSPS) is 23.2. The molecule has 1 fully saturated rings. The fourth-order valence-corrected chi connectivity index (χ4v) is 2.69. The van der Waals surface area contributed by atoms with Gasteiger partial charge < -0.3 is 10.0 Å². The molecule has 0 spiro atoms. The van der Waals surface area contributed by atoms with Crippen molar-refractivity contribution in [3.05, 3.63) is 30.4 Å². The van der Waals surface area contributed by atoms with E-state index in [1.807, 2.05) is 18.0 Å². The van der Waals surface area contributed by atoms with E-state index < -0.39 is 0 Å². The first-order valence-electron chi connectivity index (χ1n) is 6.90. The van der Waals surface area contributed by atoms with Crippen LogP contribution in [-0.2, 0) is 0 Å². The van der Waals surface area contributed by atoms with Crippen LogP contribution < -0.4 is 0 Å². The van der Waals surface area contributed by atoms with Crippen LogP contribution >= 0.6 is 0 Å². The minimum Gasteiger partial charge on any atom is -0.396 e. The maximum atomic E-state index is 12.6. The second-order valence-corrected chi connectivity index (χ2v) is 5.39. The summed E-state index contributed by atoms with van der Waals surface area (Å²) in [6.07, 6.45) is 7.07. The third kappa shape index (κ3) is 2.27. The molecule has 1 aliphatic rings. The number of piperidine rings is 1. The molecule has 1 N–H and O–H groups in total. The van der Waals surface area contributed by atoms with Crippen LogP contribution in [0.1, 0.15) is 30.3 Å². The van der Waals surface area contributed by atoms with Crippen molar-refractivity contribution < 1.29 is 9.90 Å². The summed E-state index contributed by atoms with van der Waals surface area (Å²) in [4.78, 5) is 22.8. The molecule has 6 heteroatoms. The maximum Gasteiger partial charge on any atom is 0.274 e. The summed E-state index contributed by atoms with van der Waals surface area (Å²) < 4.78 is 1.74. The SMILES string of the molecule is CC1CCC(CO)CN1C(=O)c1cn2cccnc2n1. The number of aliphatic hydroxyl groups excluding tert-OH is 1. The lowest BCUT2D eigenvalue weighted by molar-refractivity contribution is 0.0484. The number of hydrogen-bond acceptors (Lipinski definition) is 4. The predicted octanol–water partition coefficient (Wildman–Crippen LogP) is 0.962. The Balaban J connectivity index is 1.86. The Bertz CT molecular complexity index is 591. The molecule has 0 bridgehead atoms. The van der Waals surface area contributed by atoms with Crippen molar-refractivity contribution in [2.45, 2.75) is 25.8 Å². The third-order valence-electron chi connectivity index (χ3n) is 3.95. The van der Waals surface area contributed by atoms with Crippen molar-refractivity contribution in [1.82, 2.24) is 19.3 Å². The van der Waals surface area contributed by atoms with Crippen LogP contribution in [0.15, 0.2) is 24.7 Å². The van der Waals surface area contributed by atoms with Gasteiger partial charge in [0.15, 0.2) is 0 Å². The summed E-state index contributed by atoms with van der Waals surface area (Å²) in [5.74, 6) is 0.616. The molecule has 2 aromatic rings. The van der Waals surface area contributed by atoms with Crippen molar-refractivity contribution >= 4 is 11.7 Å². The highest BCUT2D eigenvalue weighted by Crippen LogP contribution is 2.23. The quantitative estimate of drug-likeness (QED) is 0.885. The largest absolute Gasteiger partial charge is 0.396 e. The molecule has 1 amide bonds. The zero-order chi connectivity index (χ0) is 14.1. The molecule has 3 heterocycles. The highest BCUT2D eigenvalue weighted by Gasteiger charge is 2.30. The van der Waals surface area contributed by atoms with Crippen molar-refractivity contribution in [3.63, 3.8) is 0 Å². The number of likely N-dealkylation sites (tertiary alicyclic amines) is 1. The molecule has 0 saturated carbocycles. The molecule has 0 aromatic carbocycles. The van der Waals surface area contributed by atoms with Crippen LogP contribution in [-0.4, -0.2) is 49.5 Å². The van der Waals surface area contributed by atoms with Gasteiger partial charge in [0.1, 0.15) is 5.69 Å². The number of carbonyl (C=O) groups is 1. The molecule has 106 valence electrons. The van der Waals surface area contributed by atoms with Crippen molar-refractivity contribution in [2.75, 3.05) is 13.2 Å². The number of imidazole rings is 1. The standard InChI is InChI=1S/C14H18N4O2/c1-10-3-4-11(9-19)7-18(10)13(20)12-8-17-6-2-5-15-14(17)16-12/h2,5-6,8,10-11,19H,3-4,7,9H2,1H3. The van der Waals surface area contributed by atoms with Gasteiger partial charge in [-0.25, -0.2) is 9.97 Å². The minimum absolute atomic E-state index is 0.0823. The van der Waals surface area contributed by atoms with Crippen molar-refractivity contribution in [2.24, 2.45) is 5.92 Å². The van der Waals surface area contributed by atoms with Crippen LogP contribution in [0.5, 0.6) is 0 Å². The Kier molecular flexibility index (Phi) is 3.40. The zero-order valence-electron chi connectivity index (χ0n) is 11.4. The summed E-state index contributed by atoms with van der Waals surface area (Å²) in [5.41, 5.74) is 0.411. The molecule has 3 rings (SSSR count). The molecular weight excluding hydrogens is 256 g/mol. The molecule has 1 saturated heterocycles. The number of hydrogen-bond donors (Lipinski definition) is 1. The van der Waals surface area contributed by atoms with Gasteiger partial charge in [-0.15, -0.1) is 0 Å². The van der Waals surface area contributed by atoms with Crippen LogP contribution in [0.3, 0.4) is 0 Å². The van der Waals surface area contributed by atoms with Gasteiger partial charge in [-0.05, 0) is 31.7 Å². The number of nitrogens with zero attached hydrogens (tertiary/aromatic N) is 4. The molecular formula is C14H18N4O2. The lowest BCUT2D eigenvalue weighted by atomic mass is 9.94. The summed E-state index contributed by atoms with van der Waals surface area (Å²) in [6.45, 7) is 2.76. The Labute approximate surface area is 117 Å². The van der Waals surface area contributed by atoms with Gasteiger partial charge in [0.2, 0.25) is 5.78 Å². The molecule has 0 aliphatic carbocycles. The van der Waals surface area contributed by atoms with Crippen LogP contribution in [0, 0.1) is 5.92 Å². The average Bonchev–Trinajstić information content (AvgIpc) is 2.91. The second kappa shape index (κ2) is 5.20. The van der Waals surface area contributed by atoms with Crippen LogP contribution in [0.4, 0.5) is 0 Å². The van der Waals surface area contributed by atoms with Crippen LogP contribution in [0.2, 0.25) is 0 Å². The first-order valence-corrected chi connectivity index (χ1v) is 6.90. The van der Waals surface area contributed by atoms with Gasteiger partial charge in [0.25, 0.3) is 5.91 Å². The minimum atomic E-state index is -0.0823. The van der Waals surface area contributed by atoms with Gasteiger partial charge >= 0.3 is 0 Å². The Hall–Kier alpha value is -1.95. The van der Waals surface area contributed by atoms with Gasteiger partial charge in [0.05, 0.1) is 0 Å². The van der Waals surface area contributed by atoms with Crippen LogP contribution in [0.25, 0.3) is 5.78 Å². The molecule has 6 nitrogen and oxygen atoms in total. The first kappa shape index (κ1) is 13.1. The molecule has 1 aliphatic heterocycles. The van der Waals surface area contributed by atoms with E-state index in [-0.39, 0.29) is 24.5 Å². The lowest BCUT2D eigenvalue weighted by Crippen LogP contribution is -2.46. The summed E-state index contributed by atoms with van der Waals surface area (Å²) >= 11 is 0. The molecule has 0 radical (unpaired) electrons. The summed E-state index contributed by atoms with van der Waals surface area (Å²) in [6, 6.07) is 1.98. The number of rotatable bonds is 2. The topological polar surface area (TPSA) is 70.7 Å². The summed E-state index contributed by atoms with van der Waals surface area (Å²) in [5, 5.41) is 9.29. The highest BCUT2D eigenvalue weighted by molar-refractivity contribution is 5.93. The van der Waals surface area contributed by atoms with E-state index in [0.717, 1.165) is 12.8 Å². The highest BCUT2D eigenvalue weighted by atomic mass is 16.3. The van der Waals surface area contributed by atoms with Gasteiger partial charge in [-0.1, -0.05) is 0 Å². The molecule has 20 heavy (non-hydrogen) atoms. The maximum absolute atomic E-state index is 12.6. The van der Waals surface area contributed by atoms with Gasteiger partial charge in [-0.2, -0.15) is 0 Å². The van der Waals surface area contributed by atoms with Gasteiger partial charge in [0, 0.05) is 37.8 Å². The number of aromatic nitrogens is 3. The molecule has 2 atom stereocenters. The van der Waals surface area contributed by atoms with E-state index in [1.54, 1.807) is 22.9 Å². The molecule has 2 aromatic heterocycles. The van der Waals surface area contributed by atoms with E-state index in [4.69, 9.17) is 0 Å². The lowest BCUT2D eigenvalue weighted by Gasteiger charge is -2.37. The van der Waals surface area contributed by atoms with E-state index >= 15 is 0 Å². The van der Waals surface area contributed by atoms with Crippen molar-refractivity contribution in [1.29, 1.82) is 0 Å². The summed E-state index contributed by atoms with van der Waals surface area (Å²) in [7, 11) is 0. The number of aliphatic hydroxyl groups is 1. The first-order chi connectivity index (χ1) is 9.69. The number of amides is 1. The number of fused-ring (bicyclic) bond motifs is 1. The zero-order valence-corrected chi connectivity index (χ0v) is 11.4. The molecule has 2 unspecified atom stereocenters. The van der Waals surface area contributed by atoms with E-state index in [1.165, 1.54) is 0 Å². The Morgan fingerprint density at radius 3 is 3.10 bits per heavy atom. The van der Waals surface area contributed by atoms with E-state index in [9.17, 15) is 9.90 Å². The van der Waals surface area contributed by atoms with E-state index in [2.05, 4.69) is 9.97 Å². The van der Waals surface area contributed by atoms with Crippen molar-refractivity contribution in [3.8, 4) is 0 Å². The fraction of sp³-hybridized carbons (Fsp3) is 0.500. The Morgan fingerprint density at radius 1 is 1.50 bits per heavy atom. The Morgan fingerprint density at radius 2 is 2.35 bits per heavy atom. The average molecular weight is 274 g/mol. The second-order valence-electron chi connectivity index (χ2n) is 5.39. The monoisotopic (exact) mass is 274 g/mol. The number of carbonyl (C=O) groups excluding carboxylic acids is 1. The predicted molar refractivity (Wildman–Crippen MR) is 73.3 cm³/mol. The van der Waals surface area contributed by atoms with Gasteiger partial charge in [-0.3, -0.25) is 9.20 Å². The third-order valence-corrected chi connectivity index (χ3v) is 3.95. The van der Waals surface area contributed by atoms with E-state index in [0.29, 0.717) is 18.0 Å².